The van der Waals surface area contributed by atoms with E-state index in [0.717, 1.165) is 27.8 Å². The largest absolute Gasteiger partial charge is 0.507 e. The molecule has 1 unspecified atom stereocenters. The summed E-state index contributed by atoms with van der Waals surface area (Å²) in [6.45, 7) is 4.02. The van der Waals surface area contributed by atoms with E-state index in [1.165, 1.54) is 21.8 Å². The van der Waals surface area contributed by atoms with Crippen LogP contribution in [0.5, 0.6) is 5.75 Å². The molecule has 1 saturated heterocycles. The number of aryl methyl sites for hydroxylation is 2. The Morgan fingerprint density at radius 3 is 2.64 bits per heavy atom. The Labute approximate surface area is 221 Å². The molecule has 0 radical (unpaired) electrons. The number of hydrogen-bond donors (Lipinski definition) is 1. The number of carbonyl (C=O) groups excluding carboxylic acids is 2. The highest BCUT2D eigenvalue weighted by molar-refractivity contribution is 9.10. The van der Waals surface area contributed by atoms with Gasteiger partial charge in [0.25, 0.3) is 5.78 Å². The maximum atomic E-state index is 13.5. The number of ketones is 1. The van der Waals surface area contributed by atoms with Crippen molar-refractivity contribution in [1.29, 1.82) is 0 Å². The van der Waals surface area contributed by atoms with E-state index < -0.39 is 17.7 Å². The third-order valence-electron chi connectivity index (χ3n) is 6.28. The average molecular weight is 563 g/mol. The molecule has 182 valence electrons. The predicted molar refractivity (Wildman–Crippen MR) is 146 cm³/mol. The van der Waals surface area contributed by atoms with Crippen LogP contribution in [0.2, 0.25) is 0 Å². The predicted octanol–water partition coefficient (Wildman–Crippen LogP) is 6.56. The van der Waals surface area contributed by atoms with Crippen molar-refractivity contribution in [2.24, 2.45) is 0 Å². The van der Waals surface area contributed by atoms with Crippen molar-refractivity contribution in [2.75, 3.05) is 12.0 Å². The average Bonchev–Trinajstić information content (AvgIpc) is 3.41. The number of thiazole rings is 1. The van der Waals surface area contributed by atoms with Crippen LogP contribution in [0.25, 0.3) is 16.0 Å². The van der Waals surface area contributed by atoms with Crippen molar-refractivity contribution in [1.82, 2.24) is 4.98 Å². The van der Waals surface area contributed by atoms with Crippen LogP contribution in [0, 0.1) is 6.92 Å². The van der Waals surface area contributed by atoms with Gasteiger partial charge in [-0.2, -0.15) is 0 Å². The number of amides is 1. The van der Waals surface area contributed by atoms with Crippen LogP contribution in [-0.2, 0) is 16.0 Å². The van der Waals surface area contributed by atoms with Crippen LogP contribution in [-0.4, -0.2) is 28.9 Å². The molecule has 2 heterocycles. The third kappa shape index (κ3) is 4.10. The Morgan fingerprint density at radius 2 is 1.94 bits per heavy atom. The number of aliphatic hydroxyl groups is 1. The molecule has 8 heteroatoms. The van der Waals surface area contributed by atoms with Crippen LogP contribution < -0.4 is 9.64 Å². The van der Waals surface area contributed by atoms with Gasteiger partial charge in [0.1, 0.15) is 11.5 Å². The number of aliphatic hydroxyl groups excluding tert-OH is 1. The molecular weight excluding hydrogens is 540 g/mol. The van der Waals surface area contributed by atoms with Crippen molar-refractivity contribution in [3.8, 4) is 5.75 Å². The lowest BCUT2D eigenvalue weighted by Gasteiger charge is -2.23. The highest BCUT2D eigenvalue weighted by atomic mass is 79.9. The number of ether oxygens (including phenoxy) is 1. The molecule has 1 aliphatic heterocycles. The van der Waals surface area contributed by atoms with Gasteiger partial charge in [-0.1, -0.05) is 54.2 Å². The summed E-state index contributed by atoms with van der Waals surface area (Å²) < 4.78 is 6.84. The zero-order chi connectivity index (χ0) is 25.6. The third-order valence-corrected chi connectivity index (χ3v) is 7.92. The maximum Gasteiger partial charge on any atom is 0.301 e. The minimum absolute atomic E-state index is 0.0242. The number of carbonyl (C=O) groups is 2. The van der Waals surface area contributed by atoms with Crippen LogP contribution in [0.15, 0.2) is 70.7 Å². The normalized spacial score (nSPS) is 17.2. The first-order valence-electron chi connectivity index (χ1n) is 11.4. The second-order valence-corrected chi connectivity index (χ2v) is 10.4. The molecular formula is C28H23BrN2O4S. The Balaban J connectivity index is 1.72. The molecule has 1 aromatic heterocycles. The molecule has 36 heavy (non-hydrogen) atoms. The van der Waals surface area contributed by atoms with Gasteiger partial charge in [0, 0.05) is 5.56 Å². The summed E-state index contributed by atoms with van der Waals surface area (Å²) in [7, 11) is 1.55. The van der Waals surface area contributed by atoms with Crippen LogP contribution in [0.1, 0.15) is 35.2 Å². The molecule has 0 saturated carbocycles. The van der Waals surface area contributed by atoms with Crippen molar-refractivity contribution in [3.05, 3.63) is 93.0 Å². The number of benzene rings is 3. The number of anilines is 1. The summed E-state index contributed by atoms with van der Waals surface area (Å²) in [5.74, 6) is -1.13. The summed E-state index contributed by atoms with van der Waals surface area (Å²) in [6.07, 6.45) is 0.883. The fraction of sp³-hybridized carbons (Fsp3) is 0.179. The highest BCUT2D eigenvalue weighted by Crippen LogP contribution is 2.45. The number of nitrogens with zero attached hydrogens (tertiary/aromatic N) is 2. The summed E-state index contributed by atoms with van der Waals surface area (Å²) in [5.41, 5.74) is 4.04. The Hall–Kier alpha value is -3.49. The Kier molecular flexibility index (Phi) is 6.40. The molecule has 4 aromatic rings. The van der Waals surface area contributed by atoms with Crippen molar-refractivity contribution in [2.45, 2.75) is 26.3 Å². The van der Waals surface area contributed by atoms with E-state index in [1.54, 1.807) is 25.3 Å². The summed E-state index contributed by atoms with van der Waals surface area (Å²) in [5, 5.41) is 11.8. The van der Waals surface area contributed by atoms with Gasteiger partial charge in [-0.3, -0.25) is 14.5 Å². The van der Waals surface area contributed by atoms with Gasteiger partial charge in [-0.15, -0.1) is 0 Å². The van der Waals surface area contributed by atoms with E-state index in [9.17, 15) is 14.7 Å². The first-order valence-corrected chi connectivity index (χ1v) is 13.0. The molecule has 1 fully saturated rings. The van der Waals surface area contributed by atoms with Crippen LogP contribution in [0.3, 0.4) is 0 Å². The smallest absolute Gasteiger partial charge is 0.301 e. The second-order valence-electron chi connectivity index (χ2n) is 8.58. The quantitative estimate of drug-likeness (QED) is 0.169. The molecule has 0 aliphatic carbocycles. The highest BCUT2D eigenvalue weighted by Gasteiger charge is 2.48. The van der Waals surface area contributed by atoms with Gasteiger partial charge in [-0.25, -0.2) is 4.98 Å². The van der Waals surface area contributed by atoms with E-state index >= 15 is 0 Å². The van der Waals surface area contributed by atoms with Crippen LogP contribution in [0.4, 0.5) is 5.13 Å². The van der Waals surface area contributed by atoms with Gasteiger partial charge < -0.3 is 9.84 Å². The van der Waals surface area contributed by atoms with Gasteiger partial charge in [0.2, 0.25) is 0 Å². The molecule has 0 bridgehead atoms. The van der Waals surface area contributed by atoms with Gasteiger partial charge in [0.05, 0.1) is 33.4 Å². The summed E-state index contributed by atoms with van der Waals surface area (Å²) in [6, 6.07) is 17.8. The molecule has 1 aliphatic rings. The minimum atomic E-state index is -0.822. The standard InChI is InChI=1S/C28H23BrN2O4S/c1-4-16-8-10-20-22(13-16)36-28(30-20)31-24(17-7-5-6-15(2)12-17)23(26(33)27(31)34)25(32)18-9-11-21(35-3)19(29)14-18/h5-14,24,32H,4H2,1-3H3/b25-23+. The van der Waals surface area contributed by atoms with E-state index in [4.69, 9.17) is 9.72 Å². The summed E-state index contributed by atoms with van der Waals surface area (Å²) >= 11 is 4.79. The van der Waals surface area contributed by atoms with E-state index in [1.807, 2.05) is 43.3 Å². The first kappa shape index (κ1) is 24.2. The number of methoxy groups -OCH3 is 1. The number of Topliss-reactive ketones (excluding diaryl/α,β-unsaturated/α-hetero) is 1. The molecule has 0 spiro atoms. The monoisotopic (exact) mass is 562 g/mol. The molecule has 6 nitrogen and oxygen atoms in total. The van der Waals surface area contributed by atoms with Crippen molar-refractivity contribution < 1.29 is 19.4 Å². The fourth-order valence-corrected chi connectivity index (χ4v) is 6.03. The Morgan fingerprint density at radius 1 is 1.14 bits per heavy atom. The molecule has 5 rings (SSSR count). The number of aromatic nitrogens is 1. The molecule has 3 aromatic carbocycles. The van der Waals surface area contributed by atoms with E-state index in [0.29, 0.717) is 20.9 Å². The lowest BCUT2D eigenvalue weighted by atomic mass is 9.94. The topological polar surface area (TPSA) is 79.7 Å². The van der Waals surface area contributed by atoms with Crippen molar-refractivity contribution in [3.63, 3.8) is 0 Å². The Bertz CT molecular complexity index is 1560. The molecule has 1 amide bonds. The number of fused-ring (bicyclic) bond motifs is 1. The second kappa shape index (κ2) is 9.52. The number of hydrogen-bond acceptors (Lipinski definition) is 6. The lowest BCUT2D eigenvalue weighted by molar-refractivity contribution is -0.132. The van der Waals surface area contributed by atoms with E-state index in [-0.39, 0.29) is 11.3 Å². The molecule has 1 N–H and O–H groups in total. The summed E-state index contributed by atoms with van der Waals surface area (Å²) in [4.78, 5) is 33.0. The number of rotatable bonds is 5. The van der Waals surface area contributed by atoms with Crippen molar-refractivity contribution >= 4 is 60.1 Å². The van der Waals surface area contributed by atoms with Crippen LogP contribution >= 0.6 is 27.3 Å². The SMILES string of the molecule is CCc1ccc2nc(N3C(=O)C(=O)/C(=C(/O)c4ccc(OC)c(Br)c4)C3c3cccc(C)c3)sc2c1. The zero-order valence-electron chi connectivity index (χ0n) is 19.9. The fourth-order valence-electron chi connectivity index (χ4n) is 4.43. The van der Waals surface area contributed by atoms with E-state index in [2.05, 4.69) is 28.9 Å². The van der Waals surface area contributed by atoms with Gasteiger partial charge in [-0.05, 0) is 70.7 Å². The minimum Gasteiger partial charge on any atom is -0.507 e. The van der Waals surface area contributed by atoms with Gasteiger partial charge in [0.15, 0.2) is 5.13 Å². The molecule has 1 atom stereocenters. The number of halogens is 1. The maximum absolute atomic E-state index is 13.5. The first-order chi connectivity index (χ1) is 17.3. The van der Waals surface area contributed by atoms with Gasteiger partial charge >= 0.3 is 5.91 Å². The zero-order valence-corrected chi connectivity index (χ0v) is 22.3. The lowest BCUT2D eigenvalue weighted by Crippen LogP contribution is -2.29.